The maximum absolute atomic E-state index is 13.2. The molecule has 4 nitrogen and oxygen atoms in total. The highest BCUT2D eigenvalue weighted by atomic mass is 19.1. The molecule has 120 valence electrons. The summed E-state index contributed by atoms with van der Waals surface area (Å²) >= 11 is 0. The molecule has 0 bridgehead atoms. The number of hydrogen-bond acceptors (Lipinski definition) is 3. The van der Waals surface area contributed by atoms with E-state index in [0.717, 1.165) is 11.3 Å². The zero-order chi connectivity index (χ0) is 16.1. The second kappa shape index (κ2) is 7.24. The number of rotatable bonds is 4. The minimum Gasteiger partial charge on any atom is -0.381 e. The van der Waals surface area contributed by atoms with E-state index in [2.05, 4.69) is 5.32 Å². The first-order valence-corrected chi connectivity index (χ1v) is 7.68. The fourth-order valence-corrected chi connectivity index (χ4v) is 2.56. The Balaban J connectivity index is 1.66. The van der Waals surface area contributed by atoms with Crippen LogP contribution >= 0.6 is 0 Å². The third-order valence-electron chi connectivity index (χ3n) is 3.79. The molecule has 0 unspecified atom stereocenters. The van der Waals surface area contributed by atoms with Crippen LogP contribution in [-0.2, 0) is 11.3 Å². The van der Waals surface area contributed by atoms with E-state index in [1.54, 1.807) is 11.0 Å². The van der Waals surface area contributed by atoms with Crippen molar-refractivity contribution in [3.63, 3.8) is 0 Å². The predicted octanol–water partition coefficient (Wildman–Crippen LogP) is 2.91. The fraction of sp³-hybridized carbons (Fsp3) is 0.278. The van der Waals surface area contributed by atoms with Crippen LogP contribution in [0.15, 0.2) is 48.5 Å². The molecule has 1 aliphatic heterocycles. The van der Waals surface area contributed by atoms with Crippen LogP contribution < -0.4 is 5.32 Å². The standard InChI is InChI=1S/C18H19FN2O2/c19-16-5-1-3-14(11-16)13-20-17-6-2-4-15(12-17)18(22)21-7-9-23-10-8-21/h1-6,11-12,20H,7-10,13H2. The Bertz CT molecular complexity index is 684. The number of nitrogens with one attached hydrogen (secondary N) is 1. The first-order chi connectivity index (χ1) is 11.2. The van der Waals surface area contributed by atoms with Crippen LogP contribution in [0.3, 0.4) is 0 Å². The van der Waals surface area contributed by atoms with Crippen LogP contribution in [0.2, 0.25) is 0 Å². The van der Waals surface area contributed by atoms with Crippen molar-refractivity contribution >= 4 is 11.6 Å². The number of amides is 1. The molecule has 1 heterocycles. The fourth-order valence-electron chi connectivity index (χ4n) is 2.56. The molecule has 23 heavy (non-hydrogen) atoms. The van der Waals surface area contributed by atoms with Gasteiger partial charge in [0.2, 0.25) is 0 Å². The molecule has 2 aromatic carbocycles. The highest BCUT2D eigenvalue weighted by molar-refractivity contribution is 5.95. The Kier molecular flexibility index (Phi) is 4.88. The van der Waals surface area contributed by atoms with E-state index in [1.165, 1.54) is 12.1 Å². The summed E-state index contributed by atoms with van der Waals surface area (Å²) < 4.78 is 18.5. The van der Waals surface area contributed by atoms with E-state index in [4.69, 9.17) is 4.74 Å². The average molecular weight is 314 g/mol. The molecule has 1 N–H and O–H groups in total. The van der Waals surface area contributed by atoms with Crippen molar-refractivity contribution < 1.29 is 13.9 Å². The summed E-state index contributed by atoms with van der Waals surface area (Å²) in [5, 5.41) is 3.22. The number of morpholine rings is 1. The van der Waals surface area contributed by atoms with E-state index in [1.807, 2.05) is 30.3 Å². The summed E-state index contributed by atoms with van der Waals surface area (Å²) in [7, 11) is 0. The SMILES string of the molecule is O=C(c1cccc(NCc2cccc(F)c2)c1)N1CCOCC1. The molecule has 5 heteroatoms. The smallest absolute Gasteiger partial charge is 0.254 e. The normalized spacial score (nSPS) is 14.6. The van der Waals surface area contributed by atoms with Gasteiger partial charge < -0.3 is 15.0 Å². The molecule has 0 atom stereocenters. The van der Waals surface area contributed by atoms with Crippen molar-refractivity contribution in [3.8, 4) is 0 Å². The lowest BCUT2D eigenvalue weighted by Crippen LogP contribution is -2.40. The molecule has 1 saturated heterocycles. The maximum Gasteiger partial charge on any atom is 0.254 e. The van der Waals surface area contributed by atoms with Gasteiger partial charge in [0.25, 0.3) is 5.91 Å². The molecule has 0 aliphatic carbocycles. The zero-order valence-electron chi connectivity index (χ0n) is 12.8. The lowest BCUT2D eigenvalue weighted by Gasteiger charge is -2.27. The number of hydrogen-bond donors (Lipinski definition) is 1. The van der Waals surface area contributed by atoms with Gasteiger partial charge in [-0.1, -0.05) is 18.2 Å². The van der Waals surface area contributed by atoms with E-state index >= 15 is 0 Å². The van der Waals surface area contributed by atoms with Gasteiger partial charge in [-0.3, -0.25) is 4.79 Å². The van der Waals surface area contributed by atoms with Crippen LogP contribution in [0.4, 0.5) is 10.1 Å². The lowest BCUT2D eigenvalue weighted by atomic mass is 10.1. The lowest BCUT2D eigenvalue weighted by molar-refractivity contribution is 0.0303. The Morgan fingerprint density at radius 1 is 1.13 bits per heavy atom. The Morgan fingerprint density at radius 3 is 2.70 bits per heavy atom. The number of anilines is 1. The summed E-state index contributed by atoms with van der Waals surface area (Å²) in [5.74, 6) is -0.233. The van der Waals surface area contributed by atoms with Gasteiger partial charge in [-0.05, 0) is 35.9 Å². The van der Waals surface area contributed by atoms with Crippen molar-refractivity contribution in [2.75, 3.05) is 31.6 Å². The number of carbonyl (C=O) groups excluding carboxylic acids is 1. The zero-order valence-corrected chi connectivity index (χ0v) is 12.8. The number of carbonyl (C=O) groups is 1. The largest absolute Gasteiger partial charge is 0.381 e. The van der Waals surface area contributed by atoms with Crippen molar-refractivity contribution in [2.45, 2.75) is 6.54 Å². The molecule has 1 aliphatic rings. The molecule has 1 fully saturated rings. The van der Waals surface area contributed by atoms with Crippen LogP contribution in [0.5, 0.6) is 0 Å². The summed E-state index contributed by atoms with van der Waals surface area (Å²) in [6.07, 6.45) is 0. The number of ether oxygens (including phenoxy) is 1. The van der Waals surface area contributed by atoms with Gasteiger partial charge in [0.1, 0.15) is 5.82 Å². The van der Waals surface area contributed by atoms with E-state index in [9.17, 15) is 9.18 Å². The van der Waals surface area contributed by atoms with Gasteiger partial charge in [-0.2, -0.15) is 0 Å². The van der Waals surface area contributed by atoms with Crippen molar-refractivity contribution in [1.29, 1.82) is 0 Å². The second-order valence-electron chi connectivity index (χ2n) is 5.47. The molecule has 0 spiro atoms. The van der Waals surface area contributed by atoms with Crippen LogP contribution in [0.1, 0.15) is 15.9 Å². The minimum absolute atomic E-state index is 0.0164. The molecule has 0 radical (unpaired) electrons. The summed E-state index contributed by atoms with van der Waals surface area (Å²) in [5.41, 5.74) is 2.35. The Labute approximate surface area is 134 Å². The molecule has 0 aromatic heterocycles. The van der Waals surface area contributed by atoms with Gasteiger partial charge in [0, 0.05) is 30.9 Å². The highest BCUT2D eigenvalue weighted by Crippen LogP contribution is 2.15. The number of halogens is 1. The van der Waals surface area contributed by atoms with Crippen molar-refractivity contribution in [3.05, 3.63) is 65.5 Å². The van der Waals surface area contributed by atoms with Gasteiger partial charge in [0.15, 0.2) is 0 Å². The van der Waals surface area contributed by atoms with E-state index < -0.39 is 0 Å². The quantitative estimate of drug-likeness (QED) is 0.943. The third-order valence-corrected chi connectivity index (χ3v) is 3.79. The van der Waals surface area contributed by atoms with Crippen molar-refractivity contribution in [2.24, 2.45) is 0 Å². The maximum atomic E-state index is 13.2. The summed E-state index contributed by atoms with van der Waals surface area (Å²) in [6.45, 7) is 2.93. The first kappa shape index (κ1) is 15.5. The van der Waals surface area contributed by atoms with Gasteiger partial charge in [0.05, 0.1) is 13.2 Å². The summed E-state index contributed by atoms with van der Waals surface area (Å²) in [6, 6.07) is 13.9. The molecule has 1 amide bonds. The Hall–Kier alpha value is -2.40. The third kappa shape index (κ3) is 4.07. The molecule has 2 aromatic rings. The van der Waals surface area contributed by atoms with Gasteiger partial charge in [-0.15, -0.1) is 0 Å². The van der Waals surface area contributed by atoms with Gasteiger partial charge >= 0.3 is 0 Å². The molecule has 3 rings (SSSR count). The van der Waals surface area contributed by atoms with Gasteiger partial charge in [-0.25, -0.2) is 4.39 Å². The summed E-state index contributed by atoms with van der Waals surface area (Å²) in [4.78, 5) is 14.3. The van der Waals surface area contributed by atoms with Crippen LogP contribution in [-0.4, -0.2) is 37.1 Å². The van der Waals surface area contributed by atoms with E-state index in [0.29, 0.717) is 38.4 Å². The average Bonchev–Trinajstić information content (AvgIpc) is 2.60. The van der Waals surface area contributed by atoms with Crippen LogP contribution in [0, 0.1) is 5.82 Å². The van der Waals surface area contributed by atoms with E-state index in [-0.39, 0.29) is 11.7 Å². The highest BCUT2D eigenvalue weighted by Gasteiger charge is 2.18. The van der Waals surface area contributed by atoms with Crippen LogP contribution in [0.25, 0.3) is 0 Å². The predicted molar refractivity (Wildman–Crippen MR) is 86.9 cm³/mol. The van der Waals surface area contributed by atoms with Crippen molar-refractivity contribution in [1.82, 2.24) is 4.90 Å². The molecular weight excluding hydrogens is 295 g/mol. The number of benzene rings is 2. The second-order valence-corrected chi connectivity index (χ2v) is 5.47. The Morgan fingerprint density at radius 2 is 1.91 bits per heavy atom. The monoisotopic (exact) mass is 314 g/mol. The molecule has 0 saturated carbocycles. The topological polar surface area (TPSA) is 41.6 Å². The minimum atomic E-state index is -0.249. The first-order valence-electron chi connectivity index (χ1n) is 7.68. The number of nitrogens with zero attached hydrogens (tertiary/aromatic N) is 1. The molecular formula is C18H19FN2O2.